The maximum atomic E-state index is 11.4. The van der Waals surface area contributed by atoms with Crippen LogP contribution in [-0.2, 0) is 21.9 Å². The van der Waals surface area contributed by atoms with Crippen LogP contribution in [0.3, 0.4) is 0 Å². The zero-order valence-corrected chi connectivity index (χ0v) is 11.0. The summed E-state index contributed by atoms with van der Waals surface area (Å²) < 4.78 is 0. The van der Waals surface area contributed by atoms with Gasteiger partial charge in [0.25, 0.3) is 0 Å². The molecule has 1 aromatic carbocycles. The van der Waals surface area contributed by atoms with Gasteiger partial charge in [0.05, 0.1) is 18.2 Å². The van der Waals surface area contributed by atoms with Crippen LogP contribution in [0.4, 0.5) is 0 Å². The van der Waals surface area contributed by atoms with Gasteiger partial charge in [-0.15, -0.1) is 5.75 Å². The molecule has 0 heterocycles. The van der Waals surface area contributed by atoms with E-state index in [2.05, 4.69) is 4.99 Å². The number of hydrogen-bond acceptors (Lipinski definition) is 6. The Morgan fingerprint density at radius 3 is 2.47 bits per heavy atom. The third kappa shape index (κ3) is 5.82. The average Bonchev–Trinajstić information content (AvgIpc) is 2.26. The van der Waals surface area contributed by atoms with Gasteiger partial charge in [-0.2, -0.15) is 0 Å². The Bertz CT molecular complexity index is 452. The molecule has 1 aromatic rings. The molecule has 7 nitrogen and oxygen atoms in total. The minimum atomic E-state index is -1.31. The van der Waals surface area contributed by atoms with Crippen LogP contribution in [0.5, 0.6) is 5.75 Å². The van der Waals surface area contributed by atoms with Gasteiger partial charge < -0.3 is 32.0 Å². The molecule has 1 unspecified atom stereocenters. The van der Waals surface area contributed by atoms with Crippen molar-refractivity contribution < 1.29 is 37.6 Å². The molecule has 8 heteroatoms. The van der Waals surface area contributed by atoms with Crippen molar-refractivity contribution in [2.75, 3.05) is 0 Å². The van der Waals surface area contributed by atoms with Crippen LogP contribution in [0.1, 0.15) is 24.2 Å². The minimum Gasteiger partial charge on any atom is -0.872 e. The van der Waals surface area contributed by atoms with Crippen molar-refractivity contribution in [2.45, 2.75) is 19.1 Å². The van der Waals surface area contributed by atoms with Crippen LogP contribution in [0.15, 0.2) is 23.2 Å². The molecule has 109 valence electrons. The second-order valence-corrected chi connectivity index (χ2v) is 3.60. The molecule has 0 aliphatic rings. The second kappa shape index (κ2) is 8.63. The fraction of sp³-hybridized carbons (Fsp3) is 0.273. The molecule has 1 radical (unpaired) electrons. The number of carboxylic acid groups (broad SMARTS) is 1. The number of hydrogen-bond donors (Lipinski definition) is 2. The molecule has 6 N–H and O–H groups in total. The van der Waals surface area contributed by atoms with Crippen LogP contribution < -0.4 is 21.7 Å². The molecule has 0 saturated heterocycles. The van der Waals surface area contributed by atoms with Gasteiger partial charge in [-0.25, -0.2) is 0 Å². The number of carbonyl (C=O) groups is 1. The fourth-order valence-corrected chi connectivity index (χ4v) is 1.13. The summed E-state index contributed by atoms with van der Waals surface area (Å²) in [5.41, 5.74) is 11.8. The van der Waals surface area contributed by atoms with Crippen molar-refractivity contribution in [1.29, 1.82) is 0 Å². The van der Waals surface area contributed by atoms with Gasteiger partial charge >= 0.3 is 17.1 Å². The number of carboxylic acids is 1. The molecule has 0 saturated carbocycles. The van der Waals surface area contributed by atoms with Crippen molar-refractivity contribution in [3.8, 4) is 5.75 Å². The van der Waals surface area contributed by atoms with Crippen LogP contribution in [0.2, 0.25) is 0 Å². The molecule has 0 spiro atoms. The van der Waals surface area contributed by atoms with Gasteiger partial charge in [0.15, 0.2) is 0 Å². The zero-order chi connectivity index (χ0) is 13.0. The van der Waals surface area contributed by atoms with E-state index in [9.17, 15) is 15.0 Å². The third-order valence-electron chi connectivity index (χ3n) is 2.20. The van der Waals surface area contributed by atoms with Gasteiger partial charge in [-0.05, 0) is 24.1 Å². The summed E-state index contributed by atoms with van der Waals surface area (Å²) in [6.07, 6.45) is 0.496. The molecular formula is C11H15CuN3O4. The number of nitrogens with two attached hydrogens (primary N) is 2. The summed E-state index contributed by atoms with van der Waals surface area (Å²) in [6.45, 7) is 1.36. The van der Waals surface area contributed by atoms with Crippen molar-refractivity contribution >= 4 is 12.2 Å². The third-order valence-corrected chi connectivity index (χ3v) is 2.20. The van der Waals surface area contributed by atoms with E-state index in [0.29, 0.717) is 5.56 Å². The van der Waals surface area contributed by atoms with E-state index in [4.69, 9.17) is 11.5 Å². The normalized spacial score (nSPS) is 11.8. The summed E-state index contributed by atoms with van der Waals surface area (Å²) >= 11 is 0. The van der Waals surface area contributed by atoms with E-state index in [1.165, 1.54) is 31.3 Å². The minimum absolute atomic E-state index is 0. The largest absolute Gasteiger partial charge is 2.00 e. The van der Waals surface area contributed by atoms with Crippen molar-refractivity contribution in [1.82, 2.24) is 0 Å². The maximum Gasteiger partial charge on any atom is 2.00 e. The molecule has 0 fully saturated rings. The number of aliphatic carboxylic acids is 1. The van der Waals surface area contributed by atoms with E-state index in [1.54, 1.807) is 0 Å². The smallest absolute Gasteiger partial charge is 0.872 e. The van der Waals surface area contributed by atoms with Gasteiger partial charge in [0.2, 0.25) is 0 Å². The summed E-state index contributed by atoms with van der Waals surface area (Å²) in [6, 6.07) is 3.31. The molecular weight excluding hydrogens is 302 g/mol. The van der Waals surface area contributed by atoms with Crippen molar-refractivity contribution in [3.05, 3.63) is 29.3 Å². The molecule has 0 bridgehead atoms. The van der Waals surface area contributed by atoms with Crippen LogP contribution in [0, 0.1) is 0 Å². The van der Waals surface area contributed by atoms with E-state index in [-0.39, 0.29) is 33.9 Å². The van der Waals surface area contributed by atoms with E-state index < -0.39 is 18.2 Å². The predicted molar refractivity (Wildman–Crippen MR) is 62.7 cm³/mol. The molecule has 0 aromatic heterocycles. The predicted octanol–water partition coefficient (Wildman–Crippen LogP) is -2.59. The van der Waals surface area contributed by atoms with Crippen molar-refractivity contribution in [2.24, 2.45) is 16.5 Å². The quantitative estimate of drug-likeness (QED) is 0.353. The Morgan fingerprint density at radius 1 is 1.42 bits per heavy atom. The van der Waals surface area contributed by atoms with Crippen molar-refractivity contribution in [3.63, 3.8) is 0 Å². The first-order valence-corrected chi connectivity index (χ1v) is 4.98. The zero-order valence-electron chi connectivity index (χ0n) is 10.1. The molecule has 1 rings (SSSR count). The van der Waals surface area contributed by atoms with Crippen LogP contribution in [-0.4, -0.2) is 23.7 Å². The van der Waals surface area contributed by atoms with Gasteiger partial charge in [-0.1, -0.05) is 12.1 Å². The van der Waals surface area contributed by atoms with E-state index in [1.807, 2.05) is 0 Å². The monoisotopic (exact) mass is 316 g/mol. The standard InChI is InChI=1S/C11H15N3O3.Cu.H2O/c1-6(11(16)17)14-5-8-4-7(10(12)13)2-3-9(8)15;;/h2-6,10,15H,12-13H2,1H3,(H,16,17);;1H2/q;+2;/p-2. The number of rotatable bonds is 4. The molecule has 1 atom stereocenters. The first-order valence-electron chi connectivity index (χ1n) is 4.98. The second-order valence-electron chi connectivity index (χ2n) is 3.60. The van der Waals surface area contributed by atoms with Gasteiger partial charge in [0.1, 0.15) is 0 Å². The number of carbonyl (C=O) groups excluding carboxylic acids is 1. The summed E-state index contributed by atoms with van der Waals surface area (Å²) in [4.78, 5) is 14.1. The Hall–Kier alpha value is -1.44. The Labute approximate surface area is 121 Å². The molecule has 0 aliphatic carbocycles. The van der Waals surface area contributed by atoms with E-state index in [0.717, 1.165) is 0 Å². The summed E-state index contributed by atoms with van der Waals surface area (Å²) in [5.74, 6) is -1.58. The Morgan fingerprint density at radius 2 is 2.00 bits per heavy atom. The van der Waals surface area contributed by atoms with E-state index >= 15 is 0 Å². The first-order chi connectivity index (χ1) is 7.91. The SMILES string of the molecule is CC(N=Cc1cc(C(N)N)ccc1[O-])C(=O)[O-].O.[Cu+2]. The average molecular weight is 317 g/mol. The van der Waals surface area contributed by atoms with Crippen LogP contribution >= 0.6 is 0 Å². The topological polar surface area (TPSA) is 159 Å². The molecule has 19 heavy (non-hydrogen) atoms. The number of aliphatic imine (C=N–C) groups is 1. The Kier molecular flexibility index (Phi) is 9.03. The number of nitrogens with zero attached hydrogens (tertiary/aromatic N) is 1. The summed E-state index contributed by atoms with van der Waals surface area (Å²) in [7, 11) is 0. The maximum absolute atomic E-state index is 11.4. The van der Waals surface area contributed by atoms with Gasteiger partial charge in [-0.3, -0.25) is 4.99 Å². The fourth-order valence-electron chi connectivity index (χ4n) is 1.13. The van der Waals surface area contributed by atoms with Gasteiger partial charge in [0, 0.05) is 6.21 Å². The molecule has 0 aliphatic heterocycles. The Balaban J connectivity index is 0. The number of benzene rings is 1. The summed E-state index contributed by atoms with van der Waals surface area (Å²) in [5, 5.41) is 21.9. The first kappa shape index (κ1) is 19.9. The molecule has 0 amide bonds. The van der Waals surface area contributed by atoms with Crippen LogP contribution in [0.25, 0.3) is 0 Å².